The molecular weight excluding hydrogens is 464 g/mol. The molecule has 0 unspecified atom stereocenters. The summed E-state index contributed by atoms with van der Waals surface area (Å²) in [5.74, 6) is -1.06. The molecule has 1 aromatic heterocycles. The summed E-state index contributed by atoms with van der Waals surface area (Å²) in [4.78, 5) is 27.3. The van der Waals surface area contributed by atoms with Gasteiger partial charge in [0.1, 0.15) is 5.88 Å². The number of rotatable bonds is 6. The molecule has 0 fully saturated rings. The Hall–Kier alpha value is -3.14. The van der Waals surface area contributed by atoms with E-state index in [1.807, 2.05) is 30.3 Å². The lowest BCUT2D eigenvalue weighted by Crippen LogP contribution is -2.33. The number of nitrogens with one attached hydrogen (secondary N) is 2. The second-order valence-corrected chi connectivity index (χ2v) is 10.1. The molecule has 4 N–H and O–H groups in total. The molecule has 0 spiro atoms. The molecule has 2 heterocycles. The van der Waals surface area contributed by atoms with Crippen LogP contribution in [0.3, 0.4) is 0 Å². The van der Waals surface area contributed by atoms with Crippen molar-refractivity contribution >= 4 is 55.6 Å². The molecule has 0 saturated carbocycles. The number of amides is 2. The van der Waals surface area contributed by atoms with E-state index in [0.717, 1.165) is 27.8 Å². The van der Waals surface area contributed by atoms with Crippen LogP contribution in [-0.4, -0.2) is 54.7 Å². The quantitative estimate of drug-likeness (QED) is 0.462. The smallest absolute Gasteiger partial charge is 0.250 e. The van der Waals surface area contributed by atoms with Gasteiger partial charge in [-0.1, -0.05) is 30.3 Å². The highest BCUT2D eigenvalue weighted by Crippen LogP contribution is 2.37. The molecule has 0 atom stereocenters. The molecule has 2 aromatic carbocycles. The Kier molecular flexibility index (Phi) is 6.29. The average Bonchev–Trinajstić information content (AvgIpc) is 3.23. The zero-order chi connectivity index (χ0) is 23.8. The largest absolute Gasteiger partial charge is 0.366 e. The number of anilines is 1. The Morgan fingerprint density at radius 3 is 2.58 bits per heavy atom. The normalized spacial score (nSPS) is 14.8. The number of hydrogen-bond donors (Lipinski definition) is 3. The predicted octanol–water partition coefficient (Wildman–Crippen LogP) is 3.16. The van der Waals surface area contributed by atoms with Gasteiger partial charge >= 0.3 is 0 Å². The molecule has 8 nitrogen and oxygen atoms in total. The van der Waals surface area contributed by atoms with E-state index in [0.29, 0.717) is 29.7 Å². The lowest BCUT2D eigenvalue weighted by molar-refractivity contribution is -0.113. The molecule has 0 bridgehead atoms. The highest BCUT2D eigenvalue weighted by Gasteiger charge is 2.22. The number of benzene rings is 2. The molecule has 0 aliphatic carbocycles. The minimum Gasteiger partial charge on any atom is -0.366 e. The van der Waals surface area contributed by atoms with Gasteiger partial charge in [0, 0.05) is 35.4 Å². The summed E-state index contributed by atoms with van der Waals surface area (Å²) in [7, 11) is -3.26. The second-order valence-electron chi connectivity index (χ2n) is 7.82. The summed E-state index contributed by atoms with van der Waals surface area (Å²) in [6.45, 7) is 0.662. The van der Waals surface area contributed by atoms with Gasteiger partial charge in [0.2, 0.25) is 15.9 Å². The van der Waals surface area contributed by atoms with Crippen molar-refractivity contribution in [2.24, 2.45) is 5.73 Å². The van der Waals surface area contributed by atoms with Gasteiger partial charge in [-0.3, -0.25) is 9.59 Å². The fraction of sp³-hybridized carbons (Fsp3) is 0.217. The molecule has 3 aromatic rings. The summed E-state index contributed by atoms with van der Waals surface area (Å²) in [6.07, 6.45) is 3.59. The Morgan fingerprint density at radius 2 is 1.94 bits per heavy atom. The molecule has 1 aliphatic heterocycles. The van der Waals surface area contributed by atoms with Crippen molar-refractivity contribution in [1.29, 1.82) is 0 Å². The van der Waals surface area contributed by atoms with Crippen molar-refractivity contribution in [2.75, 3.05) is 30.5 Å². The lowest BCUT2D eigenvalue weighted by Gasteiger charge is -2.23. The van der Waals surface area contributed by atoms with E-state index in [1.165, 1.54) is 10.6 Å². The third-order valence-electron chi connectivity index (χ3n) is 5.66. The van der Waals surface area contributed by atoms with Crippen LogP contribution in [0.2, 0.25) is 0 Å². The van der Waals surface area contributed by atoms with E-state index < -0.39 is 15.9 Å². The lowest BCUT2D eigenvalue weighted by atomic mass is 9.97. The Labute approximate surface area is 196 Å². The Bertz CT molecular complexity index is 1390. The first-order valence-corrected chi connectivity index (χ1v) is 12.6. The summed E-state index contributed by atoms with van der Waals surface area (Å²) >= 11 is 5.66. The van der Waals surface area contributed by atoms with Crippen LogP contribution >= 0.6 is 11.6 Å². The van der Waals surface area contributed by atoms with E-state index in [4.69, 9.17) is 17.3 Å². The number of nitrogens with zero attached hydrogens (tertiary/aromatic N) is 1. The van der Waals surface area contributed by atoms with Crippen molar-refractivity contribution in [3.63, 3.8) is 0 Å². The minimum atomic E-state index is -3.26. The molecule has 10 heteroatoms. The monoisotopic (exact) mass is 486 g/mol. The minimum absolute atomic E-state index is 0.169. The number of alkyl halides is 1. The second kappa shape index (κ2) is 9.01. The van der Waals surface area contributed by atoms with Crippen molar-refractivity contribution < 1.29 is 18.0 Å². The SMILES string of the molecule is CS(=O)(=O)N1CC=C(c2cc3c(-c4ccccc4NC(=O)CCl)ccc(C(N)=O)c3[nH]2)CC1. The van der Waals surface area contributed by atoms with Crippen LogP contribution in [0.5, 0.6) is 0 Å². The number of aromatic amines is 1. The molecule has 172 valence electrons. The Morgan fingerprint density at radius 1 is 1.18 bits per heavy atom. The number of primary amides is 1. The topological polar surface area (TPSA) is 125 Å². The molecular formula is C23H23ClN4O4S. The third-order valence-corrected chi connectivity index (χ3v) is 7.17. The maximum atomic E-state index is 12.1. The fourth-order valence-electron chi connectivity index (χ4n) is 4.04. The standard InChI is InChI=1S/C23H23ClN4O4S/c1-33(31,32)28-10-8-14(9-11-28)20-12-18-15(6-7-17(23(25)30)22(18)27-20)16-4-2-3-5-19(16)26-21(29)13-24/h2-8,12,27H,9-11,13H2,1H3,(H2,25,30)(H,26,29). The first-order valence-electron chi connectivity index (χ1n) is 10.2. The number of carbonyl (C=O) groups excluding carboxylic acids is 2. The average molecular weight is 487 g/mol. The number of sulfonamides is 1. The van der Waals surface area contributed by atoms with Crippen molar-refractivity contribution in [3.8, 4) is 11.1 Å². The summed E-state index contributed by atoms with van der Waals surface area (Å²) < 4.78 is 25.1. The van der Waals surface area contributed by atoms with Crippen LogP contribution in [0.1, 0.15) is 22.5 Å². The van der Waals surface area contributed by atoms with Crippen molar-refractivity contribution in [1.82, 2.24) is 9.29 Å². The van der Waals surface area contributed by atoms with Gasteiger partial charge in [-0.2, -0.15) is 4.31 Å². The van der Waals surface area contributed by atoms with E-state index in [2.05, 4.69) is 10.3 Å². The van der Waals surface area contributed by atoms with Gasteiger partial charge in [-0.05, 0) is 35.8 Å². The molecule has 1 aliphatic rings. The maximum Gasteiger partial charge on any atom is 0.250 e. The van der Waals surface area contributed by atoms with Gasteiger partial charge in [0.25, 0.3) is 5.91 Å². The molecule has 33 heavy (non-hydrogen) atoms. The number of halogens is 1. The van der Waals surface area contributed by atoms with E-state index in [9.17, 15) is 18.0 Å². The Balaban J connectivity index is 1.84. The van der Waals surface area contributed by atoms with Crippen LogP contribution in [0.25, 0.3) is 27.6 Å². The van der Waals surface area contributed by atoms with Gasteiger partial charge in [-0.15, -0.1) is 11.6 Å². The molecule has 2 amide bonds. The number of carbonyl (C=O) groups is 2. The third kappa shape index (κ3) is 4.66. The molecule has 0 radical (unpaired) electrons. The first-order chi connectivity index (χ1) is 15.7. The van der Waals surface area contributed by atoms with Crippen LogP contribution in [0.4, 0.5) is 5.69 Å². The van der Waals surface area contributed by atoms with Crippen LogP contribution in [0.15, 0.2) is 48.5 Å². The van der Waals surface area contributed by atoms with Gasteiger partial charge in [0.05, 0.1) is 17.3 Å². The maximum absolute atomic E-state index is 12.1. The van der Waals surface area contributed by atoms with Crippen LogP contribution in [-0.2, 0) is 14.8 Å². The zero-order valence-electron chi connectivity index (χ0n) is 17.9. The fourth-order valence-corrected chi connectivity index (χ4v) is 4.87. The van der Waals surface area contributed by atoms with Crippen molar-refractivity contribution in [3.05, 3.63) is 59.8 Å². The number of para-hydroxylation sites is 1. The number of nitrogens with two attached hydrogens (primary N) is 1. The van der Waals surface area contributed by atoms with Gasteiger partial charge in [-0.25, -0.2) is 8.42 Å². The summed E-state index contributed by atoms with van der Waals surface area (Å²) in [5.41, 5.74) is 10.5. The highest BCUT2D eigenvalue weighted by molar-refractivity contribution is 7.88. The number of aromatic nitrogens is 1. The highest BCUT2D eigenvalue weighted by atomic mass is 35.5. The van der Waals surface area contributed by atoms with Gasteiger partial charge < -0.3 is 16.0 Å². The molecule has 4 rings (SSSR count). The summed E-state index contributed by atoms with van der Waals surface area (Å²) in [5, 5.41) is 3.57. The number of fused-ring (bicyclic) bond motifs is 1. The molecule has 0 saturated heterocycles. The van der Waals surface area contributed by atoms with E-state index >= 15 is 0 Å². The van der Waals surface area contributed by atoms with Gasteiger partial charge in [0.15, 0.2) is 0 Å². The van der Waals surface area contributed by atoms with E-state index in [1.54, 1.807) is 18.2 Å². The van der Waals surface area contributed by atoms with E-state index in [-0.39, 0.29) is 18.3 Å². The summed E-state index contributed by atoms with van der Waals surface area (Å²) in [6, 6.07) is 12.7. The van der Waals surface area contributed by atoms with Crippen LogP contribution < -0.4 is 11.1 Å². The number of hydrogen-bond acceptors (Lipinski definition) is 4. The predicted molar refractivity (Wildman–Crippen MR) is 131 cm³/mol. The first kappa shape index (κ1) is 23.0. The zero-order valence-corrected chi connectivity index (χ0v) is 19.5. The van der Waals surface area contributed by atoms with Crippen LogP contribution in [0, 0.1) is 0 Å². The van der Waals surface area contributed by atoms with Crippen molar-refractivity contribution in [2.45, 2.75) is 6.42 Å². The number of H-pyrrole nitrogens is 1.